The SMILES string of the molecule is CCOC(=O)c1sc(N)c(C#N)c1COC(=O)c1ccc(OCc2csc(C)n2)cc1. The minimum absolute atomic E-state index is 0.113. The number of carbonyl (C=O) groups is 2. The van der Waals surface area contributed by atoms with Gasteiger partial charge in [-0.3, -0.25) is 0 Å². The molecule has 31 heavy (non-hydrogen) atoms. The maximum atomic E-state index is 12.4. The molecule has 10 heteroatoms. The zero-order chi connectivity index (χ0) is 22.4. The van der Waals surface area contributed by atoms with Crippen molar-refractivity contribution in [3.05, 3.63) is 61.9 Å². The number of benzene rings is 1. The highest BCUT2D eigenvalue weighted by Gasteiger charge is 2.24. The molecule has 160 valence electrons. The van der Waals surface area contributed by atoms with Crippen LogP contribution in [0.5, 0.6) is 5.75 Å². The van der Waals surface area contributed by atoms with Gasteiger partial charge in [-0.25, -0.2) is 14.6 Å². The second kappa shape index (κ2) is 10.1. The van der Waals surface area contributed by atoms with Gasteiger partial charge < -0.3 is 19.9 Å². The molecule has 0 aliphatic heterocycles. The van der Waals surface area contributed by atoms with Crippen LogP contribution in [-0.2, 0) is 22.7 Å². The number of hydrogen-bond acceptors (Lipinski definition) is 10. The van der Waals surface area contributed by atoms with E-state index in [4.69, 9.17) is 19.9 Å². The fourth-order valence-electron chi connectivity index (χ4n) is 2.65. The first-order valence-electron chi connectivity index (χ1n) is 9.22. The van der Waals surface area contributed by atoms with Crippen molar-refractivity contribution >= 4 is 39.6 Å². The molecular formula is C21H19N3O5S2. The van der Waals surface area contributed by atoms with Gasteiger partial charge >= 0.3 is 11.9 Å². The standard InChI is InChI=1S/C21H19N3O5S2/c1-3-27-21(26)18-17(16(8-22)19(23)31-18)10-29-20(25)13-4-6-15(7-5-13)28-9-14-11-30-12(2)24-14/h4-7,11H,3,9-10,23H2,1-2H3. The van der Waals surface area contributed by atoms with E-state index < -0.39 is 11.9 Å². The van der Waals surface area contributed by atoms with E-state index >= 15 is 0 Å². The van der Waals surface area contributed by atoms with Crippen LogP contribution in [-0.4, -0.2) is 23.5 Å². The highest BCUT2D eigenvalue weighted by Crippen LogP contribution is 2.32. The average Bonchev–Trinajstić information content (AvgIpc) is 3.33. The van der Waals surface area contributed by atoms with Crippen LogP contribution in [0.15, 0.2) is 29.6 Å². The Morgan fingerprint density at radius 3 is 2.52 bits per heavy atom. The summed E-state index contributed by atoms with van der Waals surface area (Å²) in [5.74, 6) is -0.627. The number of thiazole rings is 1. The summed E-state index contributed by atoms with van der Waals surface area (Å²) in [6, 6.07) is 8.40. The Morgan fingerprint density at radius 2 is 1.90 bits per heavy atom. The summed E-state index contributed by atoms with van der Waals surface area (Å²) in [4.78, 5) is 29.0. The number of nitrogen functional groups attached to an aromatic ring is 1. The number of rotatable bonds is 8. The number of thiophene rings is 1. The van der Waals surface area contributed by atoms with Crippen LogP contribution < -0.4 is 10.5 Å². The van der Waals surface area contributed by atoms with Gasteiger partial charge in [-0.15, -0.1) is 22.7 Å². The van der Waals surface area contributed by atoms with Crippen LogP contribution in [0.25, 0.3) is 0 Å². The number of aryl methyl sites for hydroxylation is 1. The Labute approximate surface area is 186 Å². The minimum atomic E-state index is -0.608. The Balaban J connectivity index is 1.64. The Kier molecular flexibility index (Phi) is 7.23. The van der Waals surface area contributed by atoms with Crippen molar-refractivity contribution in [3.63, 3.8) is 0 Å². The van der Waals surface area contributed by atoms with Crippen LogP contribution >= 0.6 is 22.7 Å². The van der Waals surface area contributed by atoms with Gasteiger partial charge in [-0.2, -0.15) is 5.26 Å². The molecule has 0 aliphatic rings. The van der Waals surface area contributed by atoms with E-state index in [1.807, 2.05) is 18.4 Å². The van der Waals surface area contributed by atoms with Gasteiger partial charge in [-0.1, -0.05) is 0 Å². The van der Waals surface area contributed by atoms with Crippen LogP contribution in [0.2, 0.25) is 0 Å². The highest BCUT2D eigenvalue weighted by atomic mass is 32.1. The first-order valence-corrected chi connectivity index (χ1v) is 10.9. The number of anilines is 1. The summed E-state index contributed by atoms with van der Waals surface area (Å²) < 4.78 is 16.0. The molecule has 0 saturated heterocycles. The predicted octanol–water partition coefficient (Wildman–Crippen LogP) is 4.08. The minimum Gasteiger partial charge on any atom is -0.487 e. The van der Waals surface area contributed by atoms with Crippen molar-refractivity contribution in [3.8, 4) is 11.8 Å². The third kappa shape index (κ3) is 5.39. The monoisotopic (exact) mass is 457 g/mol. The summed E-state index contributed by atoms with van der Waals surface area (Å²) in [6.07, 6.45) is 0. The second-order valence-electron chi connectivity index (χ2n) is 6.23. The van der Waals surface area contributed by atoms with Crippen molar-refractivity contribution in [1.82, 2.24) is 4.98 Å². The number of ether oxygens (including phenoxy) is 3. The topological polar surface area (TPSA) is 125 Å². The number of nitrogens with zero attached hydrogens (tertiary/aromatic N) is 2. The molecular weight excluding hydrogens is 438 g/mol. The van der Waals surface area contributed by atoms with Crippen LogP contribution in [0.1, 0.15) is 48.8 Å². The van der Waals surface area contributed by atoms with Crippen LogP contribution in [0.4, 0.5) is 5.00 Å². The lowest BCUT2D eigenvalue weighted by Crippen LogP contribution is -2.10. The first kappa shape index (κ1) is 22.3. The van der Waals surface area contributed by atoms with Gasteiger partial charge in [0.15, 0.2) is 0 Å². The molecule has 0 aliphatic carbocycles. The molecule has 8 nitrogen and oxygen atoms in total. The quantitative estimate of drug-likeness (QED) is 0.502. The molecule has 2 aromatic heterocycles. The number of nitrogens with two attached hydrogens (primary N) is 1. The first-order chi connectivity index (χ1) is 14.9. The summed E-state index contributed by atoms with van der Waals surface area (Å²) in [5.41, 5.74) is 7.32. The van der Waals surface area contributed by atoms with E-state index in [9.17, 15) is 14.9 Å². The number of esters is 2. The van der Waals surface area contributed by atoms with Crippen molar-refractivity contribution in [2.24, 2.45) is 0 Å². The summed E-state index contributed by atoms with van der Waals surface area (Å²) in [7, 11) is 0. The third-order valence-corrected chi connectivity index (χ3v) is 5.96. The van der Waals surface area contributed by atoms with Gasteiger partial charge in [0.25, 0.3) is 0 Å². The van der Waals surface area contributed by atoms with Gasteiger partial charge in [-0.05, 0) is 38.1 Å². The molecule has 3 rings (SSSR count). The van der Waals surface area contributed by atoms with E-state index in [-0.39, 0.29) is 34.2 Å². The van der Waals surface area contributed by atoms with E-state index in [1.54, 1.807) is 42.5 Å². The maximum Gasteiger partial charge on any atom is 0.348 e. The number of aromatic nitrogens is 1. The molecule has 2 heterocycles. The average molecular weight is 458 g/mol. The van der Waals surface area contributed by atoms with Crippen molar-refractivity contribution in [1.29, 1.82) is 5.26 Å². The largest absolute Gasteiger partial charge is 0.487 e. The summed E-state index contributed by atoms with van der Waals surface area (Å²) >= 11 is 2.49. The molecule has 0 spiro atoms. The molecule has 0 unspecified atom stereocenters. The lowest BCUT2D eigenvalue weighted by atomic mass is 10.1. The van der Waals surface area contributed by atoms with E-state index in [0.717, 1.165) is 22.0 Å². The zero-order valence-corrected chi connectivity index (χ0v) is 18.5. The van der Waals surface area contributed by atoms with Gasteiger partial charge in [0, 0.05) is 10.9 Å². The Bertz CT molecular complexity index is 1130. The lowest BCUT2D eigenvalue weighted by Gasteiger charge is -2.08. The third-order valence-electron chi connectivity index (χ3n) is 4.10. The lowest BCUT2D eigenvalue weighted by molar-refractivity contribution is 0.0452. The number of carbonyl (C=O) groups excluding carboxylic acids is 2. The van der Waals surface area contributed by atoms with Crippen molar-refractivity contribution < 1.29 is 23.8 Å². The molecule has 0 radical (unpaired) electrons. The molecule has 0 fully saturated rings. The molecule has 3 aromatic rings. The molecule has 0 saturated carbocycles. The van der Waals surface area contributed by atoms with Gasteiger partial charge in [0.2, 0.25) is 0 Å². The van der Waals surface area contributed by atoms with Crippen LogP contribution in [0, 0.1) is 18.3 Å². The molecule has 0 amide bonds. The Morgan fingerprint density at radius 1 is 1.16 bits per heavy atom. The fourth-order valence-corrected chi connectivity index (χ4v) is 4.16. The molecule has 1 aromatic carbocycles. The number of hydrogen-bond donors (Lipinski definition) is 1. The Hall–Kier alpha value is -3.42. The summed E-state index contributed by atoms with van der Waals surface area (Å²) in [6.45, 7) is 3.83. The van der Waals surface area contributed by atoms with Crippen LogP contribution in [0.3, 0.4) is 0 Å². The zero-order valence-electron chi connectivity index (χ0n) is 16.8. The summed E-state index contributed by atoms with van der Waals surface area (Å²) in [5, 5.41) is 12.4. The maximum absolute atomic E-state index is 12.4. The van der Waals surface area contributed by atoms with Crippen molar-refractivity contribution in [2.75, 3.05) is 12.3 Å². The smallest absolute Gasteiger partial charge is 0.348 e. The van der Waals surface area contributed by atoms with E-state index in [0.29, 0.717) is 17.9 Å². The van der Waals surface area contributed by atoms with E-state index in [2.05, 4.69) is 4.98 Å². The van der Waals surface area contributed by atoms with Gasteiger partial charge in [0.1, 0.15) is 34.9 Å². The molecule has 0 atom stereocenters. The molecule has 2 N–H and O–H groups in total. The van der Waals surface area contributed by atoms with Crippen molar-refractivity contribution in [2.45, 2.75) is 27.1 Å². The highest BCUT2D eigenvalue weighted by molar-refractivity contribution is 7.18. The second-order valence-corrected chi connectivity index (χ2v) is 8.34. The normalized spacial score (nSPS) is 10.4. The molecule has 0 bridgehead atoms. The predicted molar refractivity (Wildman–Crippen MR) is 116 cm³/mol. The fraction of sp³-hybridized carbons (Fsp3) is 0.238. The van der Waals surface area contributed by atoms with E-state index in [1.165, 1.54) is 0 Å². The number of nitriles is 1. The van der Waals surface area contributed by atoms with Gasteiger partial charge in [0.05, 0.1) is 28.4 Å².